The molecule has 0 amide bonds. The first-order chi connectivity index (χ1) is 11.6. The van der Waals surface area contributed by atoms with Crippen molar-refractivity contribution >= 4 is 11.6 Å². The van der Waals surface area contributed by atoms with E-state index in [1.54, 1.807) is 0 Å². The minimum Gasteiger partial charge on any atom is -0.299 e. The second-order valence-corrected chi connectivity index (χ2v) is 10.3. The van der Waals surface area contributed by atoms with Crippen molar-refractivity contribution in [3.8, 4) is 0 Å². The molecule has 0 aliphatic heterocycles. The molecule has 0 radical (unpaired) electrons. The predicted octanol–water partition coefficient (Wildman–Crippen LogP) is 5.36. The van der Waals surface area contributed by atoms with Gasteiger partial charge in [-0.2, -0.15) is 0 Å². The summed E-state index contributed by atoms with van der Waals surface area (Å²) in [5, 5.41) is 0. The molecule has 0 bridgehead atoms. The van der Waals surface area contributed by atoms with E-state index in [1.807, 2.05) is 13.0 Å². The van der Waals surface area contributed by atoms with Gasteiger partial charge in [0.05, 0.1) is 0 Å². The van der Waals surface area contributed by atoms with Crippen molar-refractivity contribution in [2.45, 2.75) is 79.6 Å². The van der Waals surface area contributed by atoms with Gasteiger partial charge >= 0.3 is 0 Å². The highest BCUT2D eigenvalue weighted by Gasteiger charge is 2.66. The van der Waals surface area contributed by atoms with Crippen LogP contribution in [0.15, 0.2) is 11.6 Å². The van der Waals surface area contributed by atoms with E-state index in [9.17, 15) is 9.59 Å². The molecule has 3 fully saturated rings. The van der Waals surface area contributed by atoms with Gasteiger partial charge in [0, 0.05) is 11.8 Å². The van der Waals surface area contributed by atoms with Gasteiger partial charge in [-0.3, -0.25) is 9.59 Å². The second kappa shape index (κ2) is 5.30. The fourth-order valence-corrected chi connectivity index (χ4v) is 7.89. The van der Waals surface area contributed by atoms with Crippen LogP contribution in [0.3, 0.4) is 0 Å². The van der Waals surface area contributed by atoms with Crippen molar-refractivity contribution in [2.24, 2.45) is 39.9 Å². The molecule has 4 aliphatic carbocycles. The Kier molecular flexibility index (Phi) is 3.71. The number of rotatable bonds is 1. The standard InChI is InChI=1S/C23H34O2/c1-14-12-20-18-7-6-16-13-17(25)8-10-21(16,3)19(18)9-11-22(20,4)23(14,5)15(2)24/h13-14,18-20H,6-12H2,1-5H3/t14-,18+,19-,20-,21+,22+,23+/m1/s1. The van der Waals surface area contributed by atoms with Gasteiger partial charge in [0.2, 0.25) is 0 Å². The van der Waals surface area contributed by atoms with Gasteiger partial charge in [0.1, 0.15) is 5.78 Å². The lowest BCUT2D eigenvalue weighted by atomic mass is 9.45. The van der Waals surface area contributed by atoms with Crippen LogP contribution in [-0.2, 0) is 9.59 Å². The van der Waals surface area contributed by atoms with E-state index in [-0.39, 0.29) is 16.2 Å². The third-order valence-corrected chi connectivity index (χ3v) is 9.86. The van der Waals surface area contributed by atoms with E-state index in [1.165, 1.54) is 31.3 Å². The molecule has 4 aliphatic rings. The predicted molar refractivity (Wildman–Crippen MR) is 100 cm³/mol. The van der Waals surface area contributed by atoms with Crippen molar-refractivity contribution in [1.82, 2.24) is 0 Å². The van der Waals surface area contributed by atoms with Crippen LogP contribution < -0.4 is 0 Å². The average molecular weight is 343 g/mol. The third kappa shape index (κ3) is 2.03. The van der Waals surface area contributed by atoms with Gasteiger partial charge in [-0.25, -0.2) is 0 Å². The lowest BCUT2D eigenvalue weighted by Crippen LogP contribution is -2.53. The average Bonchev–Trinajstić information content (AvgIpc) is 2.77. The molecule has 25 heavy (non-hydrogen) atoms. The Morgan fingerprint density at radius 1 is 1.08 bits per heavy atom. The molecule has 0 N–H and O–H groups in total. The van der Waals surface area contributed by atoms with Crippen LogP contribution in [0.5, 0.6) is 0 Å². The zero-order valence-electron chi connectivity index (χ0n) is 16.7. The van der Waals surface area contributed by atoms with E-state index in [4.69, 9.17) is 0 Å². The van der Waals surface area contributed by atoms with Gasteiger partial charge in [-0.1, -0.05) is 33.3 Å². The molecular formula is C23H34O2. The minimum absolute atomic E-state index is 0.154. The molecule has 138 valence electrons. The topological polar surface area (TPSA) is 34.1 Å². The summed E-state index contributed by atoms with van der Waals surface area (Å²) in [6, 6.07) is 0. The van der Waals surface area contributed by atoms with Crippen LogP contribution in [0, 0.1) is 39.9 Å². The molecule has 0 aromatic rings. The zero-order valence-corrected chi connectivity index (χ0v) is 16.7. The van der Waals surface area contributed by atoms with Crippen molar-refractivity contribution in [3.05, 3.63) is 11.6 Å². The smallest absolute Gasteiger partial charge is 0.155 e. The number of carbonyl (C=O) groups excluding carboxylic acids is 2. The van der Waals surface area contributed by atoms with Crippen molar-refractivity contribution in [1.29, 1.82) is 0 Å². The summed E-state index contributed by atoms with van der Waals surface area (Å²) in [7, 11) is 0. The molecule has 2 nitrogen and oxygen atoms in total. The second-order valence-electron chi connectivity index (χ2n) is 10.3. The molecule has 3 saturated carbocycles. The molecule has 4 rings (SSSR count). The molecule has 0 aromatic carbocycles. The lowest BCUT2D eigenvalue weighted by Gasteiger charge is -2.59. The summed E-state index contributed by atoms with van der Waals surface area (Å²) in [4.78, 5) is 24.6. The normalized spacial score (nSPS) is 52.0. The van der Waals surface area contributed by atoms with Crippen LogP contribution in [-0.4, -0.2) is 11.6 Å². The van der Waals surface area contributed by atoms with Crippen molar-refractivity contribution in [2.75, 3.05) is 0 Å². The largest absolute Gasteiger partial charge is 0.299 e. The molecule has 0 unspecified atom stereocenters. The fraction of sp³-hybridized carbons (Fsp3) is 0.826. The van der Waals surface area contributed by atoms with Crippen LogP contribution in [0.2, 0.25) is 0 Å². The first-order valence-corrected chi connectivity index (χ1v) is 10.4. The van der Waals surface area contributed by atoms with Gasteiger partial charge in [0.25, 0.3) is 0 Å². The summed E-state index contributed by atoms with van der Waals surface area (Å²) in [5.74, 6) is 3.33. The number of hydrogen-bond donors (Lipinski definition) is 0. The highest BCUT2D eigenvalue weighted by Crippen LogP contribution is 2.71. The van der Waals surface area contributed by atoms with Crippen molar-refractivity contribution < 1.29 is 9.59 Å². The first kappa shape index (κ1) is 17.5. The minimum atomic E-state index is -0.164. The maximum Gasteiger partial charge on any atom is 0.155 e. The molecule has 0 heterocycles. The van der Waals surface area contributed by atoms with Gasteiger partial charge in [-0.05, 0) is 86.0 Å². The summed E-state index contributed by atoms with van der Waals surface area (Å²) in [6.07, 6.45) is 9.70. The first-order valence-electron chi connectivity index (χ1n) is 10.4. The summed E-state index contributed by atoms with van der Waals surface area (Å²) in [6.45, 7) is 11.3. The van der Waals surface area contributed by atoms with E-state index in [2.05, 4.69) is 27.7 Å². The molecule has 0 aromatic heterocycles. The number of Topliss-reactive ketones (excluding diaryl/α,β-unsaturated/α-hetero) is 1. The number of fused-ring (bicyclic) bond motifs is 5. The number of hydrogen-bond acceptors (Lipinski definition) is 2. The SMILES string of the molecule is CC(=O)[C@]1(C)[C@H](C)C[C@@H]2[C@H]3CCC4=CC(=O)CC[C@]4(C)[C@@H]3CC[C@@]21C. The fourth-order valence-electron chi connectivity index (χ4n) is 7.89. The van der Waals surface area contributed by atoms with Crippen LogP contribution in [0.4, 0.5) is 0 Å². The highest BCUT2D eigenvalue weighted by molar-refractivity contribution is 5.91. The third-order valence-electron chi connectivity index (χ3n) is 9.86. The van der Waals surface area contributed by atoms with E-state index < -0.39 is 0 Å². The Hall–Kier alpha value is -0.920. The van der Waals surface area contributed by atoms with E-state index in [0.717, 1.165) is 25.2 Å². The Labute approximate surface area is 152 Å². The number of ketones is 2. The molecule has 0 saturated heterocycles. The number of allylic oxidation sites excluding steroid dienone is 1. The monoisotopic (exact) mass is 342 g/mol. The lowest BCUT2D eigenvalue weighted by molar-refractivity contribution is -0.141. The van der Waals surface area contributed by atoms with Gasteiger partial charge in [-0.15, -0.1) is 0 Å². The summed E-state index contributed by atoms with van der Waals surface area (Å²) >= 11 is 0. The van der Waals surface area contributed by atoms with Crippen molar-refractivity contribution in [3.63, 3.8) is 0 Å². The zero-order chi connectivity index (χ0) is 18.2. The Morgan fingerprint density at radius 2 is 1.80 bits per heavy atom. The van der Waals surface area contributed by atoms with Crippen LogP contribution in [0.1, 0.15) is 79.6 Å². The van der Waals surface area contributed by atoms with Gasteiger partial charge < -0.3 is 0 Å². The Morgan fingerprint density at radius 3 is 2.48 bits per heavy atom. The Bertz CT molecular complexity index is 661. The van der Waals surface area contributed by atoms with E-state index in [0.29, 0.717) is 29.3 Å². The molecule has 0 spiro atoms. The van der Waals surface area contributed by atoms with Gasteiger partial charge in [0.15, 0.2) is 5.78 Å². The Balaban J connectivity index is 1.72. The number of carbonyl (C=O) groups is 2. The molecule has 7 atom stereocenters. The summed E-state index contributed by atoms with van der Waals surface area (Å²) < 4.78 is 0. The quantitative estimate of drug-likeness (QED) is 0.643. The maximum atomic E-state index is 12.7. The maximum absolute atomic E-state index is 12.7. The van der Waals surface area contributed by atoms with Crippen LogP contribution in [0.25, 0.3) is 0 Å². The molecular weight excluding hydrogens is 308 g/mol. The van der Waals surface area contributed by atoms with Crippen LogP contribution >= 0.6 is 0 Å². The highest BCUT2D eigenvalue weighted by atomic mass is 16.1. The van der Waals surface area contributed by atoms with E-state index >= 15 is 0 Å². The molecule has 2 heteroatoms. The summed E-state index contributed by atoms with van der Waals surface area (Å²) in [5.41, 5.74) is 1.66.